The lowest BCUT2D eigenvalue weighted by atomic mass is 10.7. The molecule has 15 heavy (non-hydrogen) atoms. The molecule has 80 valence electrons. The minimum Gasteiger partial charge on any atom is -0.366 e. The van der Waals surface area contributed by atoms with Crippen molar-refractivity contribution in [3.63, 3.8) is 0 Å². The third-order valence-corrected chi connectivity index (χ3v) is 3.03. The zero-order chi connectivity index (χ0) is 10.9. The first-order valence-corrected chi connectivity index (χ1v) is 5.61. The molecule has 0 atom stereocenters. The Morgan fingerprint density at radius 1 is 1.47 bits per heavy atom. The van der Waals surface area contributed by atoms with Crippen molar-refractivity contribution < 1.29 is 8.42 Å². The monoisotopic (exact) mass is 227 g/mol. The summed E-state index contributed by atoms with van der Waals surface area (Å²) in [5, 5.41) is 6.21. The number of aromatic nitrogens is 4. The van der Waals surface area contributed by atoms with Gasteiger partial charge < -0.3 is 4.98 Å². The van der Waals surface area contributed by atoms with Crippen molar-refractivity contribution in [3.8, 4) is 0 Å². The molecule has 2 aromatic rings. The Bertz CT molecular complexity index is 542. The van der Waals surface area contributed by atoms with Gasteiger partial charge in [0, 0.05) is 12.4 Å². The predicted molar refractivity (Wildman–Crippen MR) is 52.7 cm³/mol. The highest BCUT2D eigenvalue weighted by molar-refractivity contribution is 7.92. The van der Waals surface area contributed by atoms with Crippen LogP contribution in [0.15, 0.2) is 23.4 Å². The molecule has 0 unspecified atom stereocenters. The minimum atomic E-state index is -3.58. The molecule has 7 nitrogen and oxygen atoms in total. The fraction of sp³-hybridized carbons (Fsp3) is 0.143. The number of H-pyrrole nitrogens is 2. The van der Waals surface area contributed by atoms with Gasteiger partial charge in [-0.05, 0) is 13.0 Å². The van der Waals surface area contributed by atoms with Crippen LogP contribution in [-0.4, -0.2) is 28.6 Å². The molecule has 0 spiro atoms. The molecule has 0 fully saturated rings. The van der Waals surface area contributed by atoms with Crippen LogP contribution in [0, 0.1) is 6.92 Å². The molecular weight excluding hydrogens is 218 g/mol. The van der Waals surface area contributed by atoms with Gasteiger partial charge in [-0.25, -0.2) is 13.1 Å². The fourth-order valence-electron chi connectivity index (χ4n) is 1.04. The Labute approximate surface area is 86.0 Å². The van der Waals surface area contributed by atoms with E-state index in [0.717, 1.165) is 0 Å². The van der Waals surface area contributed by atoms with E-state index in [1.165, 1.54) is 18.5 Å². The van der Waals surface area contributed by atoms with Crippen LogP contribution in [0.1, 0.15) is 5.82 Å². The zero-order valence-corrected chi connectivity index (χ0v) is 8.67. The average Bonchev–Trinajstić information content (AvgIpc) is 2.75. The molecule has 0 aliphatic rings. The van der Waals surface area contributed by atoms with E-state index in [9.17, 15) is 8.42 Å². The molecule has 0 aromatic carbocycles. The Hall–Kier alpha value is -1.83. The van der Waals surface area contributed by atoms with Crippen LogP contribution in [0.2, 0.25) is 0 Å². The Morgan fingerprint density at radius 3 is 2.80 bits per heavy atom. The highest BCUT2D eigenvalue weighted by atomic mass is 32.2. The van der Waals surface area contributed by atoms with Crippen LogP contribution < -0.4 is 4.72 Å². The third kappa shape index (κ3) is 1.99. The van der Waals surface area contributed by atoms with E-state index >= 15 is 0 Å². The van der Waals surface area contributed by atoms with Gasteiger partial charge in [0.1, 0.15) is 10.7 Å². The number of anilines is 1. The largest absolute Gasteiger partial charge is 0.366 e. The van der Waals surface area contributed by atoms with Gasteiger partial charge in [-0.1, -0.05) is 0 Å². The van der Waals surface area contributed by atoms with Gasteiger partial charge >= 0.3 is 0 Å². The number of nitrogens with one attached hydrogen (secondary N) is 3. The predicted octanol–water partition coefficient (Wildman–Crippen LogP) is 0.242. The van der Waals surface area contributed by atoms with Crippen molar-refractivity contribution in [2.24, 2.45) is 0 Å². The molecule has 0 saturated heterocycles. The molecule has 3 N–H and O–H groups in total. The maximum atomic E-state index is 11.6. The Morgan fingerprint density at radius 2 is 2.27 bits per heavy atom. The van der Waals surface area contributed by atoms with Gasteiger partial charge in [-0.15, -0.1) is 5.10 Å². The van der Waals surface area contributed by atoms with Crippen LogP contribution in [0.4, 0.5) is 5.95 Å². The lowest BCUT2D eigenvalue weighted by Crippen LogP contribution is -2.13. The summed E-state index contributed by atoms with van der Waals surface area (Å²) in [6.45, 7) is 1.68. The molecule has 2 rings (SSSR count). The van der Waals surface area contributed by atoms with Gasteiger partial charge in [-0.2, -0.15) is 4.98 Å². The van der Waals surface area contributed by atoms with Gasteiger partial charge in [0.25, 0.3) is 16.0 Å². The normalized spacial score (nSPS) is 11.5. The lowest BCUT2D eigenvalue weighted by Gasteiger charge is -2.00. The number of sulfonamides is 1. The van der Waals surface area contributed by atoms with Gasteiger partial charge in [-0.3, -0.25) is 5.10 Å². The molecular formula is C7H9N5O2S. The number of hydrogen-bond acceptors (Lipinski definition) is 4. The zero-order valence-electron chi connectivity index (χ0n) is 7.85. The van der Waals surface area contributed by atoms with Crippen molar-refractivity contribution in [2.45, 2.75) is 11.8 Å². The van der Waals surface area contributed by atoms with Crippen LogP contribution in [-0.2, 0) is 10.0 Å². The van der Waals surface area contributed by atoms with Crippen molar-refractivity contribution in [1.29, 1.82) is 0 Å². The summed E-state index contributed by atoms with van der Waals surface area (Å²) in [5.41, 5.74) is 0. The van der Waals surface area contributed by atoms with E-state index in [0.29, 0.717) is 5.82 Å². The summed E-state index contributed by atoms with van der Waals surface area (Å²) in [6, 6.07) is 1.45. The number of nitrogens with zero attached hydrogens (tertiary/aromatic N) is 2. The molecule has 2 heterocycles. The third-order valence-electron chi connectivity index (χ3n) is 1.70. The fourth-order valence-corrected chi connectivity index (χ4v) is 1.96. The first-order valence-electron chi connectivity index (χ1n) is 4.12. The molecule has 0 amide bonds. The van der Waals surface area contributed by atoms with E-state index in [-0.39, 0.29) is 10.8 Å². The van der Waals surface area contributed by atoms with Crippen LogP contribution in [0.3, 0.4) is 0 Å². The first-order chi connectivity index (χ1) is 7.08. The average molecular weight is 227 g/mol. The van der Waals surface area contributed by atoms with E-state index in [1.807, 2.05) is 0 Å². The highest BCUT2D eigenvalue weighted by Crippen LogP contribution is 2.11. The molecule has 0 radical (unpaired) electrons. The number of hydrogen-bond donors (Lipinski definition) is 3. The quantitative estimate of drug-likeness (QED) is 0.698. The van der Waals surface area contributed by atoms with Crippen LogP contribution in [0.25, 0.3) is 0 Å². The van der Waals surface area contributed by atoms with E-state index in [4.69, 9.17) is 0 Å². The summed E-state index contributed by atoms with van der Waals surface area (Å²) in [4.78, 5) is 6.64. The maximum Gasteiger partial charge on any atom is 0.265 e. The molecule has 0 aliphatic heterocycles. The summed E-state index contributed by atoms with van der Waals surface area (Å²) in [6.07, 6.45) is 2.90. The lowest BCUT2D eigenvalue weighted by molar-refractivity contribution is 0.601. The van der Waals surface area contributed by atoms with Gasteiger partial charge in [0.2, 0.25) is 0 Å². The number of rotatable bonds is 3. The Balaban J connectivity index is 2.26. The minimum absolute atomic E-state index is 0.0358. The van der Waals surface area contributed by atoms with Crippen molar-refractivity contribution >= 4 is 16.0 Å². The second-order valence-corrected chi connectivity index (χ2v) is 4.58. The van der Waals surface area contributed by atoms with Gasteiger partial charge in [0.15, 0.2) is 0 Å². The summed E-state index contributed by atoms with van der Waals surface area (Å²) < 4.78 is 25.5. The van der Waals surface area contributed by atoms with Gasteiger partial charge in [0.05, 0.1) is 0 Å². The van der Waals surface area contributed by atoms with Crippen molar-refractivity contribution in [2.75, 3.05) is 4.72 Å². The number of aryl methyl sites for hydroxylation is 1. The standard InChI is InChI=1S/C7H9N5O2S/c1-5-9-7(11-10-5)12-15(13,14)6-2-3-8-4-6/h2-4,8H,1H3,(H2,9,10,11,12). The summed E-state index contributed by atoms with van der Waals surface area (Å²) in [7, 11) is -3.58. The van der Waals surface area contributed by atoms with E-state index in [2.05, 4.69) is 24.9 Å². The maximum absolute atomic E-state index is 11.6. The van der Waals surface area contributed by atoms with Crippen LogP contribution in [0.5, 0.6) is 0 Å². The SMILES string of the molecule is Cc1nc(NS(=O)(=O)c2cc[nH]c2)n[nH]1. The Kier molecular flexibility index (Phi) is 2.19. The molecule has 8 heteroatoms. The topological polar surface area (TPSA) is 104 Å². The van der Waals surface area contributed by atoms with Crippen molar-refractivity contribution in [3.05, 3.63) is 24.3 Å². The molecule has 2 aromatic heterocycles. The molecule has 0 bridgehead atoms. The molecule has 0 saturated carbocycles. The summed E-state index contributed by atoms with van der Waals surface area (Å²) >= 11 is 0. The van der Waals surface area contributed by atoms with Crippen LogP contribution >= 0.6 is 0 Å². The second-order valence-electron chi connectivity index (χ2n) is 2.90. The number of aromatic amines is 2. The first kappa shape index (κ1) is 9.71. The van der Waals surface area contributed by atoms with Crippen molar-refractivity contribution in [1.82, 2.24) is 20.2 Å². The highest BCUT2D eigenvalue weighted by Gasteiger charge is 2.16. The van der Waals surface area contributed by atoms with E-state index < -0.39 is 10.0 Å². The second kappa shape index (κ2) is 3.39. The van der Waals surface area contributed by atoms with E-state index in [1.54, 1.807) is 6.92 Å². The molecule has 0 aliphatic carbocycles. The smallest absolute Gasteiger partial charge is 0.265 e. The summed E-state index contributed by atoms with van der Waals surface area (Å²) in [5.74, 6) is 0.579.